The molecule has 22 heavy (non-hydrogen) atoms. The van der Waals surface area contributed by atoms with Crippen LogP contribution in [-0.2, 0) is 26.3 Å². The SMILES string of the molecule is CCc1ccc(S(=O)(=O)NC2CS(=O)(=O)C2)c2ccccc12. The largest absolute Gasteiger partial charge is 0.241 e. The van der Waals surface area contributed by atoms with Crippen molar-refractivity contribution in [3.63, 3.8) is 0 Å². The van der Waals surface area contributed by atoms with Gasteiger partial charge in [-0.05, 0) is 23.4 Å². The lowest BCUT2D eigenvalue weighted by atomic mass is 10.0. The van der Waals surface area contributed by atoms with Crippen LogP contribution in [0.1, 0.15) is 12.5 Å². The molecule has 0 unspecified atom stereocenters. The Morgan fingerprint density at radius 1 is 1.09 bits per heavy atom. The van der Waals surface area contributed by atoms with Crippen molar-refractivity contribution in [3.05, 3.63) is 42.0 Å². The Labute approximate surface area is 130 Å². The van der Waals surface area contributed by atoms with Crippen molar-refractivity contribution in [1.82, 2.24) is 4.72 Å². The van der Waals surface area contributed by atoms with E-state index in [0.717, 1.165) is 17.4 Å². The van der Waals surface area contributed by atoms with Crippen LogP contribution in [0.3, 0.4) is 0 Å². The van der Waals surface area contributed by atoms with Crippen LogP contribution in [0.25, 0.3) is 10.8 Å². The minimum absolute atomic E-state index is 0.128. The predicted molar refractivity (Wildman–Crippen MR) is 86.1 cm³/mol. The molecule has 1 saturated heterocycles. The van der Waals surface area contributed by atoms with E-state index in [9.17, 15) is 16.8 Å². The molecule has 0 amide bonds. The number of rotatable bonds is 4. The van der Waals surface area contributed by atoms with E-state index in [1.54, 1.807) is 18.2 Å². The zero-order chi connectivity index (χ0) is 16.0. The highest BCUT2D eigenvalue weighted by Crippen LogP contribution is 2.27. The normalized spacial score (nSPS) is 18.2. The Kier molecular flexibility index (Phi) is 3.74. The zero-order valence-corrected chi connectivity index (χ0v) is 13.7. The Morgan fingerprint density at radius 3 is 2.32 bits per heavy atom. The second kappa shape index (κ2) is 5.33. The van der Waals surface area contributed by atoms with Crippen molar-refractivity contribution in [2.75, 3.05) is 11.5 Å². The summed E-state index contributed by atoms with van der Waals surface area (Å²) in [7, 11) is -6.80. The minimum atomic E-state index is -3.74. The van der Waals surface area contributed by atoms with Crippen LogP contribution in [0.2, 0.25) is 0 Å². The van der Waals surface area contributed by atoms with Crippen LogP contribution in [0.4, 0.5) is 0 Å². The lowest BCUT2D eigenvalue weighted by Crippen LogP contribution is -2.52. The van der Waals surface area contributed by atoms with Gasteiger partial charge in [0, 0.05) is 11.4 Å². The number of sulfone groups is 1. The minimum Gasteiger partial charge on any atom is -0.229 e. The highest BCUT2D eigenvalue weighted by molar-refractivity contribution is 7.93. The van der Waals surface area contributed by atoms with E-state index in [0.29, 0.717) is 5.39 Å². The van der Waals surface area contributed by atoms with Gasteiger partial charge in [-0.1, -0.05) is 37.3 Å². The second-order valence-electron chi connectivity index (χ2n) is 5.52. The predicted octanol–water partition coefficient (Wildman–Crippen LogP) is 1.48. The topological polar surface area (TPSA) is 80.3 Å². The van der Waals surface area contributed by atoms with Crippen molar-refractivity contribution < 1.29 is 16.8 Å². The summed E-state index contributed by atoms with van der Waals surface area (Å²) in [6, 6.07) is 10.2. The fourth-order valence-corrected chi connectivity index (χ4v) is 5.74. The highest BCUT2D eigenvalue weighted by Gasteiger charge is 2.36. The van der Waals surface area contributed by atoms with Gasteiger partial charge in [0.25, 0.3) is 0 Å². The van der Waals surface area contributed by atoms with E-state index in [1.807, 2.05) is 25.1 Å². The van der Waals surface area contributed by atoms with E-state index in [1.165, 1.54) is 0 Å². The van der Waals surface area contributed by atoms with E-state index in [-0.39, 0.29) is 16.4 Å². The van der Waals surface area contributed by atoms with Gasteiger partial charge >= 0.3 is 0 Å². The Bertz CT molecular complexity index is 921. The van der Waals surface area contributed by atoms with Crippen molar-refractivity contribution in [3.8, 4) is 0 Å². The van der Waals surface area contributed by atoms with Crippen molar-refractivity contribution in [2.45, 2.75) is 24.3 Å². The molecule has 3 rings (SSSR count). The van der Waals surface area contributed by atoms with Crippen molar-refractivity contribution in [1.29, 1.82) is 0 Å². The van der Waals surface area contributed by atoms with Crippen LogP contribution in [-0.4, -0.2) is 34.4 Å². The van der Waals surface area contributed by atoms with Gasteiger partial charge in [-0.2, -0.15) is 0 Å². The van der Waals surface area contributed by atoms with Gasteiger partial charge in [0.1, 0.15) is 0 Å². The molecular formula is C15H17NO4S2. The van der Waals surface area contributed by atoms with Gasteiger partial charge in [0.15, 0.2) is 9.84 Å². The average Bonchev–Trinajstić information content (AvgIpc) is 2.43. The number of sulfonamides is 1. The maximum Gasteiger partial charge on any atom is 0.241 e. The first kappa shape index (κ1) is 15.5. The standard InChI is InChI=1S/C15H17NO4S2/c1-2-11-7-8-15(14-6-4-3-5-13(11)14)22(19,20)16-12-9-21(17,18)10-12/h3-8,12,16H,2,9-10H2,1H3. The van der Waals surface area contributed by atoms with E-state index in [2.05, 4.69) is 4.72 Å². The van der Waals surface area contributed by atoms with Crippen LogP contribution < -0.4 is 4.72 Å². The summed E-state index contributed by atoms with van der Waals surface area (Å²) in [6.07, 6.45) is 0.815. The molecule has 1 N–H and O–H groups in total. The number of hydrogen-bond acceptors (Lipinski definition) is 4. The van der Waals surface area contributed by atoms with Gasteiger partial charge in [0.05, 0.1) is 16.4 Å². The molecule has 1 fully saturated rings. The molecule has 0 atom stereocenters. The van der Waals surface area contributed by atoms with Gasteiger partial charge in [-0.15, -0.1) is 0 Å². The number of fused-ring (bicyclic) bond motifs is 1. The highest BCUT2D eigenvalue weighted by atomic mass is 32.2. The van der Waals surface area contributed by atoms with E-state index >= 15 is 0 Å². The van der Waals surface area contributed by atoms with Gasteiger partial charge in [-0.25, -0.2) is 21.6 Å². The molecule has 0 bridgehead atoms. The lowest BCUT2D eigenvalue weighted by molar-refractivity contribution is 0.537. The first-order valence-corrected chi connectivity index (χ1v) is 10.4. The van der Waals surface area contributed by atoms with Crippen molar-refractivity contribution >= 4 is 30.6 Å². The Balaban J connectivity index is 2.03. The third kappa shape index (κ3) is 2.76. The Morgan fingerprint density at radius 2 is 1.73 bits per heavy atom. The fourth-order valence-electron chi connectivity index (χ4n) is 2.79. The van der Waals surface area contributed by atoms with E-state index in [4.69, 9.17) is 0 Å². The summed E-state index contributed by atoms with van der Waals surface area (Å²) >= 11 is 0. The molecule has 5 nitrogen and oxygen atoms in total. The number of hydrogen-bond donors (Lipinski definition) is 1. The fraction of sp³-hybridized carbons (Fsp3) is 0.333. The third-order valence-corrected chi connectivity index (χ3v) is 7.28. The molecule has 2 aromatic carbocycles. The molecular weight excluding hydrogens is 322 g/mol. The molecule has 7 heteroatoms. The number of nitrogens with one attached hydrogen (secondary N) is 1. The quantitative estimate of drug-likeness (QED) is 0.915. The van der Waals surface area contributed by atoms with E-state index < -0.39 is 25.9 Å². The summed E-state index contributed by atoms with van der Waals surface area (Å²) in [6.45, 7) is 2.02. The number of aryl methyl sites for hydroxylation is 1. The molecule has 118 valence electrons. The molecule has 0 saturated carbocycles. The zero-order valence-electron chi connectivity index (χ0n) is 12.1. The Hall–Kier alpha value is -1.44. The molecule has 0 aliphatic carbocycles. The van der Waals surface area contributed by atoms with Gasteiger partial charge in [0.2, 0.25) is 10.0 Å². The summed E-state index contributed by atoms with van der Waals surface area (Å²) in [5, 5.41) is 1.57. The van der Waals surface area contributed by atoms with Gasteiger partial charge in [-0.3, -0.25) is 0 Å². The summed E-state index contributed by atoms with van der Waals surface area (Å²) in [4.78, 5) is 0.199. The van der Waals surface area contributed by atoms with Crippen molar-refractivity contribution in [2.24, 2.45) is 0 Å². The summed E-state index contributed by atoms with van der Waals surface area (Å²) in [5.74, 6) is -0.256. The molecule has 2 aromatic rings. The molecule has 1 aliphatic heterocycles. The molecule has 0 spiro atoms. The average molecular weight is 339 g/mol. The second-order valence-corrected chi connectivity index (χ2v) is 9.35. The molecule has 1 heterocycles. The molecule has 0 aromatic heterocycles. The number of benzene rings is 2. The van der Waals surface area contributed by atoms with Crippen LogP contribution in [0.5, 0.6) is 0 Å². The van der Waals surface area contributed by atoms with Gasteiger partial charge < -0.3 is 0 Å². The maximum atomic E-state index is 12.6. The third-order valence-electron chi connectivity index (χ3n) is 3.88. The van der Waals surface area contributed by atoms with Crippen LogP contribution >= 0.6 is 0 Å². The van der Waals surface area contributed by atoms with Crippen LogP contribution in [0, 0.1) is 0 Å². The summed E-state index contributed by atoms with van der Waals surface area (Å²) in [5.41, 5.74) is 1.08. The lowest BCUT2D eigenvalue weighted by Gasteiger charge is -2.26. The molecule has 0 radical (unpaired) electrons. The first-order chi connectivity index (χ1) is 10.3. The monoisotopic (exact) mass is 339 g/mol. The smallest absolute Gasteiger partial charge is 0.229 e. The summed E-state index contributed by atoms with van der Waals surface area (Å²) < 4.78 is 50.0. The maximum absolute atomic E-state index is 12.6. The first-order valence-electron chi connectivity index (χ1n) is 7.06. The van der Waals surface area contributed by atoms with Crippen LogP contribution in [0.15, 0.2) is 41.3 Å². The molecule has 1 aliphatic rings.